The summed E-state index contributed by atoms with van der Waals surface area (Å²) in [6.45, 7) is 5.17. The number of aliphatic hydroxyl groups excluding tert-OH is 1. The lowest BCUT2D eigenvalue weighted by molar-refractivity contribution is 0.0911. The van der Waals surface area contributed by atoms with E-state index in [-0.39, 0.29) is 17.0 Å². The second-order valence-electron chi connectivity index (χ2n) is 5.37. The van der Waals surface area contributed by atoms with Crippen molar-refractivity contribution in [2.75, 3.05) is 25.0 Å². The van der Waals surface area contributed by atoms with Crippen LogP contribution in [0.15, 0.2) is 23.4 Å². The van der Waals surface area contributed by atoms with Gasteiger partial charge in [-0.3, -0.25) is 0 Å². The van der Waals surface area contributed by atoms with Gasteiger partial charge in [-0.05, 0) is 44.7 Å². The van der Waals surface area contributed by atoms with E-state index in [0.29, 0.717) is 38.2 Å². The number of piperidine rings is 1. The van der Waals surface area contributed by atoms with Gasteiger partial charge in [0.2, 0.25) is 0 Å². The van der Waals surface area contributed by atoms with Crippen LogP contribution in [0.4, 0.5) is 5.69 Å². The normalized spacial score (nSPS) is 19.4. The van der Waals surface area contributed by atoms with Crippen molar-refractivity contribution in [3.63, 3.8) is 0 Å². The van der Waals surface area contributed by atoms with E-state index in [0.717, 1.165) is 0 Å². The highest BCUT2D eigenvalue weighted by molar-refractivity contribution is 7.89. The zero-order valence-corrected chi connectivity index (χ0v) is 13.3. The molecule has 7 heteroatoms. The van der Waals surface area contributed by atoms with E-state index in [1.54, 1.807) is 19.1 Å². The highest BCUT2D eigenvalue weighted by Crippen LogP contribution is 2.27. The molecule has 0 bridgehead atoms. The van der Waals surface area contributed by atoms with E-state index in [4.69, 9.17) is 0 Å². The standard InChI is InChI=1S/C14H23N3O3S/c1-3-15-13-5-4-8-16-14(13)21(19,20)17-9-6-12(7-10-17)11(2)18/h4-5,8,11-12,15,18H,3,6-7,9-10H2,1-2H3. The van der Waals surface area contributed by atoms with Gasteiger partial charge in [-0.1, -0.05) is 0 Å². The summed E-state index contributed by atoms with van der Waals surface area (Å²) in [7, 11) is -3.59. The number of aromatic nitrogens is 1. The highest BCUT2D eigenvalue weighted by atomic mass is 32.2. The van der Waals surface area contributed by atoms with Gasteiger partial charge in [-0.15, -0.1) is 0 Å². The molecule has 21 heavy (non-hydrogen) atoms. The van der Waals surface area contributed by atoms with Gasteiger partial charge in [0.1, 0.15) is 0 Å². The van der Waals surface area contributed by atoms with Crippen LogP contribution >= 0.6 is 0 Å². The summed E-state index contributed by atoms with van der Waals surface area (Å²) >= 11 is 0. The van der Waals surface area contributed by atoms with Gasteiger partial charge in [-0.2, -0.15) is 4.31 Å². The van der Waals surface area contributed by atoms with E-state index in [2.05, 4.69) is 10.3 Å². The van der Waals surface area contributed by atoms with Crippen molar-refractivity contribution in [2.45, 2.75) is 37.8 Å². The molecule has 0 amide bonds. The number of nitrogens with one attached hydrogen (secondary N) is 1. The minimum absolute atomic E-state index is 0.0855. The van der Waals surface area contributed by atoms with Gasteiger partial charge < -0.3 is 10.4 Å². The third kappa shape index (κ3) is 3.53. The van der Waals surface area contributed by atoms with Gasteiger partial charge >= 0.3 is 0 Å². The van der Waals surface area contributed by atoms with Crippen LogP contribution in [0.2, 0.25) is 0 Å². The van der Waals surface area contributed by atoms with Crippen LogP contribution in [0.5, 0.6) is 0 Å². The van der Waals surface area contributed by atoms with Crippen LogP contribution in [0.1, 0.15) is 26.7 Å². The Hall–Kier alpha value is -1.18. The maximum atomic E-state index is 12.7. The molecule has 1 saturated heterocycles. The molecule has 1 aromatic rings. The smallest absolute Gasteiger partial charge is 0.262 e. The van der Waals surface area contributed by atoms with Gasteiger partial charge in [0.25, 0.3) is 10.0 Å². The van der Waals surface area contributed by atoms with Gasteiger partial charge in [0, 0.05) is 25.8 Å². The number of rotatable bonds is 5. The Bertz CT molecular complexity index is 567. The van der Waals surface area contributed by atoms with E-state index in [9.17, 15) is 13.5 Å². The largest absolute Gasteiger partial charge is 0.393 e. The molecular formula is C14H23N3O3S. The van der Waals surface area contributed by atoms with Crippen LogP contribution in [0.25, 0.3) is 0 Å². The van der Waals surface area contributed by atoms with E-state index in [1.807, 2.05) is 6.92 Å². The first-order chi connectivity index (χ1) is 9.96. The van der Waals surface area contributed by atoms with E-state index in [1.165, 1.54) is 10.5 Å². The van der Waals surface area contributed by atoms with Gasteiger partial charge in [-0.25, -0.2) is 13.4 Å². The summed E-state index contributed by atoms with van der Waals surface area (Å²) in [6.07, 6.45) is 2.47. The molecule has 0 spiro atoms. The number of nitrogens with zero attached hydrogens (tertiary/aromatic N) is 2. The number of anilines is 1. The number of aliphatic hydroxyl groups is 1. The summed E-state index contributed by atoms with van der Waals surface area (Å²) in [6, 6.07) is 3.45. The van der Waals surface area contributed by atoms with Crippen molar-refractivity contribution in [3.05, 3.63) is 18.3 Å². The number of sulfonamides is 1. The van der Waals surface area contributed by atoms with Gasteiger partial charge in [0.05, 0.1) is 11.8 Å². The first kappa shape index (κ1) is 16.2. The maximum absolute atomic E-state index is 12.7. The molecule has 1 atom stereocenters. The second-order valence-corrected chi connectivity index (χ2v) is 7.22. The average Bonchev–Trinajstić information content (AvgIpc) is 2.48. The molecule has 2 N–H and O–H groups in total. The zero-order valence-electron chi connectivity index (χ0n) is 12.5. The summed E-state index contributed by atoms with van der Waals surface area (Å²) in [5.74, 6) is 0.174. The molecule has 0 aromatic carbocycles. The van der Waals surface area contributed by atoms with Crippen molar-refractivity contribution in [2.24, 2.45) is 5.92 Å². The van der Waals surface area contributed by atoms with Crippen LogP contribution in [0, 0.1) is 5.92 Å². The SMILES string of the molecule is CCNc1cccnc1S(=O)(=O)N1CCC(C(C)O)CC1. The Labute approximate surface area is 126 Å². The van der Waals surface area contributed by atoms with Crippen molar-refractivity contribution in [1.29, 1.82) is 0 Å². The molecule has 118 valence electrons. The number of hydrogen-bond donors (Lipinski definition) is 2. The third-order valence-corrected chi connectivity index (χ3v) is 5.76. The van der Waals surface area contributed by atoms with Crippen molar-refractivity contribution < 1.29 is 13.5 Å². The molecule has 6 nitrogen and oxygen atoms in total. The van der Waals surface area contributed by atoms with E-state index >= 15 is 0 Å². The predicted octanol–water partition coefficient (Wildman–Crippen LogP) is 1.29. The van der Waals surface area contributed by atoms with Crippen LogP contribution in [-0.4, -0.2) is 48.6 Å². The van der Waals surface area contributed by atoms with Crippen LogP contribution < -0.4 is 5.32 Å². The Kier molecular flexibility index (Phi) is 5.18. The Morgan fingerprint density at radius 2 is 2.14 bits per heavy atom. The topological polar surface area (TPSA) is 82.5 Å². The van der Waals surface area contributed by atoms with Gasteiger partial charge in [0.15, 0.2) is 5.03 Å². The lowest BCUT2D eigenvalue weighted by Gasteiger charge is -2.32. The van der Waals surface area contributed by atoms with Crippen molar-refractivity contribution >= 4 is 15.7 Å². The molecule has 2 heterocycles. The molecule has 1 aromatic heterocycles. The number of hydrogen-bond acceptors (Lipinski definition) is 5. The van der Waals surface area contributed by atoms with E-state index < -0.39 is 10.0 Å². The quantitative estimate of drug-likeness (QED) is 0.856. The first-order valence-corrected chi connectivity index (χ1v) is 8.78. The molecule has 0 saturated carbocycles. The fraction of sp³-hybridized carbons (Fsp3) is 0.643. The van der Waals surface area contributed by atoms with Crippen LogP contribution in [0.3, 0.4) is 0 Å². The molecule has 2 rings (SSSR count). The summed E-state index contributed by atoms with van der Waals surface area (Å²) in [5, 5.41) is 12.7. The Morgan fingerprint density at radius 1 is 1.48 bits per heavy atom. The minimum atomic E-state index is -3.59. The molecule has 1 fully saturated rings. The summed E-state index contributed by atoms with van der Waals surface area (Å²) < 4.78 is 26.9. The molecule has 1 aliphatic rings. The van der Waals surface area contributed by atoms with Crippen LogP contribution in [-0.2, 0) is 10.0 Å². The predicted molar refractivity (Wildman–Crippen MR) is 81.6 cm³/mol. The summed E-state index contributed by atoms with van der Waals surface area (Å²) in [5.41, 5.74) is 0.539. The fourth-order valence-corrected chi connectivity index (χ4v) is 4.19. The second kappa shape index (κ2) is 6.72. The lowest BCUT2D eigenvalue weighted by Crippen LogP contribution is -2.41. The molecule has 1 aliphatic heterocycles. The molecule has 0 radical (unpaired) electrons. The highest BCUT2D eigenvalue weighted by Gasteiger charge is 2.33. The molecular weight excluding hydrogens is 290 g/mol. The lowest BCUT2D eigenvalue weighted by atomic mass is 9.93. The third-order valence-electron chi connectivity index (χ3n) is 3.90. The Balaban J connectivity index is 2.20. The van der Waals surface area contributed by atoms with Crippen molar-refractivity contribution in [3.8, 4) is 0 Å². The minimum Gasteiger partial charge on any atom is -0.393 e. The first-order valence-electron chi connectivity index (χ1n) is 7.34. The fourth-order valence-electron chi connectivity index (χ4n) is 2.64. The van der Waals surface area contributed by atoms with Crippen molar-refractivity contribution in [1.82, 2.24) is 9.29 Å². The Morgan fingerprint density at radius 3 is 2.71 bits per heavy atom. The number of pyridine rings is 1. The average molecular weight is 313 g/mol. The zero-order chi connectivity index (χ0) is 15.5. The molecule has 0 aliphatic carbocycles. The monoisotopic (exact) mass is 313 g/mol. The molecule has 1 unspecified atom stereocenters. The maximum Gasteiger partial charge on any atom is 0.262 e. The summed E-state index contributed by atoms with van der Waals surface area (Å²) in [4.78, 5) is 4.06.